The molecule has 27 heavy (non-hydrogen) atoms. The quantitative estimate of drug-likeness (QED) is 0.798. The molecular weight excluding hydrogens is 361 g/mol. The molecule has 0 radical (unpaired) electrons. The Hall–Kier alpha value is -2.32. The van der Waals surface area contributed by atoms with Crippen molar-refractivity contribution in [1.29, 1.82) is 0 Å². The maximum absolute atomic E-state index is 13.5. The lowest BCUT2D eigenvalue weighted by Crippen LogP contribution is -2.54. The zero-order valence-corrected chi connectivity index (χ0v) is 15.6. The summed E-state index contributed by atoms with van der Waals surface area (Å²) >= 11 is 0. The molecule has 2 aliphatic rings. The number of aryl methyl sites for hydroxylation is 1. The molecule has 6 nitrogen and oxygen atoms in total. The number of anilines is 1. The fourth-order valence-corrected chi connectivity index (χ4v) is 3.28. The number of piperazine rings is 1. The fourth-order valence-electron chi connectivity index (χ4n) is 3.28. The topological polar surface area (TPSA) is 58.6 Å². The standard InChI is InChI=1S/C18H23F3N4O2/c1-4-14(18(19,20)21)15-12(3)22-10-23-16(15)24-7-8-25(11(2)9-24)17(26)27-13-5-6-13/h4,10-11,13H,5-9H2,1-3H3/b14-4+. The predicted octanol–water partition coefficient (Wildman–Crippen LogP) is 3.56. The Morgan fingerprint density at radius 2 is 2.00 bits per heavy atom. The molecule has 1 aliphatic carbocycles. The van der Waals surface area contributed by atoms with Crippen LogP contribution in [0.2, 0.25) is 0 Å². The van der Waals surface area contributed by atoms with Crippen molar-refractivity contribution in [3.8, 4) is 0 Å². The Balaban J connectivity index is 1.83. The van der Waals surface area contributed by atoms with E-state index in [1.54, 1.807) is 16.7 Å². The van der Waals surface area contributed by atoms with E-state index in [4.69, 9.17) is 4.74 Å². The fraction of sp³-hybridized carbons (Fsp3) is 0.611. The highest BCUT2D eigenvalue weighted by atomic mass is 19.4. The predicted molar refractivity (Wildman–Crippen MR) is 94.4 cm³/mol. The highest BCUT2D eigenvalue weighted by Crippen LogP contribution is 2.39. The average molecular weight is 384 g/mol. The molecule has 0 N–H and O–H groups in total. The van der Waals surface area contributed by atoms with Gasteiger partial charge in [0.2, 0.25) is 0 Å². The van der Waals surface area contributed by atoms with Crippen molar-refractivity contribution in [2.45, 2.75) is 51.9 Å². The summed E-state index contributed by atoms with van der Waals surface area (Å²) in [6.07, 6.45) is -0.727. The molecule has 148 valence electrons. The van der Waals surface area contributed by atoms with Crippen LogP contribution in [0.3, 0.4) is 0 Å². The number of carbonyl (C=O) groups excluding carboxylic acids is 1. The van der Waals surface area contributed by atoms with Gasteiger partial charge in [0.25, 0.3) is 0 Å². The van der Waals surface area contributed by atoms with Gasteiger partial charge in [0, 0.05) is 25.7 Å². The van der Waals surface area contributed by atoms with Crippen LogP contribution in [-0.4, -0.2) is 58.9 Å². The van der Waals surface area contributed by atoms with Crippen molar-refractivity contribution in [1.82, 2.24) is 14.9 Å². The van der Waals surface area contributed by atoms with Crippen LogP contribution in [0.1, 0.15) is 37.9 Å². The lowest BCUT2D eigenvalue weighted by atomic mass is 10.0. The number of alkyl halides is 3. The number of hydrogen-bond acceptors (Lipinski definition) is 5. The van der Waals surface area contributed by atoms with E-state index in [9.17, 15) is 18.0 Å². The van der Waals surface area contributed by atoms with Crippen LogP contribution >= 0.6 is 0 Å². The summed E-state index contributed by atoms with van der Waals surface area (Å²) in [5.41, 5.74) is -0.485. The van der Waals surface area contributed by atoms with Gasteiger partial charge in [-0.15, -0.1) is 0 Å². The van der Waals surface area contributed by atoms with Gasteiger partial charge in [0.15, 0.2) is 0 Å². The van der Waals surface area contributed by atoms with Gasteiger partial charge in [-0.25, -0.2) is 14.8 Å². The molecule has 1 aliphatic heterocycles. The van der Waals surface area contributed by atoms with Crippen molar-refractivity contribution >= 4 is 17.5 Å². The van der Waals surface area contributed by atoms with Crippen molar-refractivity contribution < 1.29 is 22.7 Å². The maximum atomic E-state index is 13.5. The van der Waals surface area contributed by atoms with E-state index in [2.05, 4.69) is 9.97 Å². The van der Waals surface area contributed by atoms with Gasteiger partial charge in [-0.1, -0.05) is 6.08 Å². The van der Waals surface area contributed by atoms with Crippen LogP contribution in [0.25, 0.3) is 5.57 Å². The molecule has 1 saturated heterocycles. The number of nitrogens with zero attached hydrogens (tertiary/aromatic N) is 4. The molecule has 1 aromatic heterocycles. The van der Waals surface area contributed by atoms with Gasteiger partial charge in [-0.3, -0.25) is 0 Å². The second kappa shape index (κ2) is 7.36. The van der Waals surface area contributed by atoms with Crippen LogP contribution in [0.4, 0.5) is 23.8 Å². The van der Waals surface area contributed by atoms with Crippen LogP contribution in [0.15, 0.2) is 12.4 Å². The van der Waals surface area contributed by atoms with E-state index in [0.29, 0.717) is 19.6 Å². The minimum Gasteiger partial charge on any atom is -0.446 e. The number of halogens is 3. The summed E-state index contributed by atoms with van der Waals surface area (Å²) in [5.74, 6) is 0.245. The van der Waals surface area contributed by atoms with Gasteiger partial charge in [-0.05, 0) is 33.6 Å². The van der Waals surface area contributed by atoms with E-state index in [1.165, 1.54) is 13.3 Å². The maximum Gasteiger partial charge on any atom is 0.416 e. The Labute approximate surface area is 156 Å². The number of amides is 1. The molecular formula is C18H23F3N4O2. The van der Waals surface area contributed by atoms with Crippen LogP contribution in [0, 0.1) is 6.92 Å². The van der Waals surface area contributed by atoms with Crippen molar-refractivity contribution in [3.63, 3.8) is 0 Å². The highest BCUT2D eigenvalue weighted by molar-refractivity contribution is 5.79. The summed E-state index contributed by atoms with van der Waals surface area (Å²) < 4.78 is 45.8. The number of hydrogen-bond donors (Lipinski definition) is 0. The van der Waals surface area contributed by atoms with E-state index in [-0.39, 0.29) is 35.3 Å². The van der Waals surface area contributed by atoms with Crippen LogP contribution in [-0.2, 0) is 4.74 Å². The number of aromatic nitrogens is 2. The van der Waals surface area contributed by atoms with Gasteiger partial charge < -0.3 is 14.5 Å². The molecule has 0 bridgehead atoms. The summed E-state index contributed by atoms with van der Waals surface area (Å²) in [7, 11) is 0. The second-order valence-corrected chi connectivity index (χ2v) is 6.93. The number of ether oxygens (including phenoxy) is 1. The first-order chi connectivity index (χ1) is 12.7. The van der Waals surface area contributed by atoms with E-state index < -0.39 is 11.7 Å². The Morgan fingerprint density at radius 3 is 2.56 bits per heavy atom. The van der Waals surface area contributed by atoms with Crippen LogP contribution in [0.5, 0.6) is 0 Å². The van der Waals surface area contributed by atoms with Crippen molar-refractivity contribution in [3.05, 3.63) is 23.7 Å². The Bertz CT molecular complexity index is 747. The van der Waals surface area contributed by atoms with Crippen molar-refractivity contribution in [2.24, 2.45) is 0 Å². The first-order valence-electron chi connectivity index (χ1n) is 9.00. The zero-order chi connectivity index (χ0) is 19.8. The van der Waals surface area contributed by atoms with Gasteiger partial charge in [-0.2, -0.15) is 13.2 Å². The van der Waals surface area contributed by atoms with Gasteiger partial charge in [0.05, 0.1) is 16.8 Å². The largest absolute Gasteiger partial charge is 0.446 e. The molecule has 2 fully saturated rings. The van der Waals surface area contributed by atoms with Gasteiger partial charge >= 0.3 is 12.3 Å². The molecule has 9 heteroatoms. The Kier molecular flexibility index (Phi) is 5.30. The lowest BCUT2D eigenvalue weighted by Gasteiger charge is -2.40. The smallest absolute Gasteiger partial charge is 0.416 e. The lowest BCUT2D eigenvalue weighted by molar-refractivity contribution is -0.0690. The summed E-state index contributed by atoms with van der Waals surface area (Å²) in [5, 5.41) is 0. The molecule has 0 spiro atoms. The molecule has 1 saturated carbocycles. The van der Waals surface area contributed by atoms with E-state index in [1.807, 2.05) is 6.92 Å². The second-order valence-electron chi connectivity index (χ2n) is 6.93. The molecule has 2 heterocycles. The summed E-state index contributed by atoms with van der Waals surface area (Å²) in [4.78, 5) is 23.7. The average Bonchev–Trinajstić information content (AvgIpc) is 3.39. The zero-order valence-electron chi connectivity index (χ0n) is 15.6. The summed E-state index contributed by atoms with van der Waals surface area (Å²) in [6, 6.07) is -0.201. The first kappa shape index (κ1) is 19.4. The highest BCUT2D eigenvalue weighted by Gasteiger charge is 2.39. The number of carbonyl (C=O) groups is 1. The van der Waals surface area contributed by atoms with Crippen LogP contribution < -0.4 is 4.90 Å². The minimum absolute atomic E-state index is 0.00583. The first-order valence-corrected chi connectivity index (χ1v) is 9.00. The molecule has 1 atom stereocenters. The molecule has 1 amide bonds. The third kappa shape index (κ3) is 4.17. The third-order valence-corrected chi connectivity index (χ3v) is 4.83. The molecule has 1 unspecified atom stereocenters. The number of allylic oxidation sites excluding steroid dienone is 2. The molecule has 3 rings (SSSR count). The third-order valence-electron chi connectivity index (χ3n) is 4.83. The van der Waals surface area contributed by atoms with E-state index in [0.717, 1.165) is 18.9 Å². The summed E-state index contributed by atoms with van der Waals surface area (Å²) in [6.45, 7) is 5.87. The van der Waals surface area contributed by atoms with Crippen molar-refractivity contribution in [2.75, 3.05) is 24.5 Å². The van der Waals surface area contributed by atoms with E-state index >= 15 is 0 Å². The SMILES string of the molecule is C/C=C(\c1c(C)ncnc1N1CCN(C(=O)OC2CC2)C(C)C1)C(F)(F)F. The normalized spacial score (nSPS) is 21.4. The monoisotopic (exact) mass is 384 g/mol. The molecule has 1 aromatic rings. The number of rotatable bonds is 3. The molecule has 0 aromatic carbocycles. The minimum atomic E-state index is -4.50. The Morgan fingerprint density at radius 1 is 1.30 bits per heavy atom. The van der Waals surface area contributed by atoms with Gasteiger partial charge in [0.1, 0.15) is 18.2 Å².